The maximum atomic E-state index is 12.5. The van der Waals surface area contributed by atoms with Crippen molar-refractivity contribution in [3.63, 3.8) is 0 Å². The van der Waals surface area contributed by atoms with Crippen LogP contribution < -0.4 is 10.6 Å². The maximum absolute atomic E-state index is 12.5. The van der Waals surface area contributed by atoms with Crippen molar-refractivity contribution in [2.24, 2.45) is 0 Å². The van der Waals surface area contributed by atoms with E-state index in [1.165, 1.54) is 0 Å². The van der Waals surface area contributed by atoms with Gasteiger partial charge >= 0.3 is 0 Å². The fourth-order valence-electron chi connectivity index (χ4n) is 3.01. The summed E-state index contributed by atoms with van der Waals surface area (Å²) in [5.41, 5.74) is 2.52. The number of aliphatic hydroxyl groups is 1. The van der Waals surface area contributed by atoms with Crippen molar-refractivity contribution in [3.8, 4) is 0 Å². The molecule has 0 saturated heterocycles. The van der Waals surface area contributed by atoms with Gasteiger partial charge in [0.25, 0.3) is 5.91 Å². The first-order valence-electron chi connectivity index (χ1n) is 8.79. The molecule has 0 aliphatic heterocycles. The van der Waals surface area contributed by atoms with Crippen molar-refractivity contribution in [1.82, 2.24) is 15.3 Å². The van der Waals surface area contributed by atoms with Gasteiger partial charge in [-0.25, -0.2) is 0 Å². The Morgan fingerprint density at radius 2 is 1.86 bits per heavy atom. The van der Waals surface area contributed by atoms with Gasteiger partial charge in [-0.3, -0.25) is 14.6 Å². The van der Waals surface area contributed by atoms with Crippen molar-refractivity contribution < 1.29 is 14.7 Å². The summed E-state index contributed by atoms with van der Waals surface area (Å²) < 4.78 is 0. The van der Waals surface area contributed by atoms with E-state index in [4.69, 9.17) is 0 Å². The first kappa shape index (κ1) is 17.7. The SMILES string of the molecule is O=C(NC(CO)C(=O)Nc1ccc2ncccc2c1)c1cc2ccccc2[nH]1. The Balaban J connectivity index is 1.47. The molecule has 140 valence electrons. The maximum Gasteiger partial charge on any atom is 0.268 e. The normalized spacial score (nSPS) is 12.0. The van der Waals surface area contributed by atoms with E-state index in [2.05, 4.69) is 20.6 Å². The number of aliphatic hydroxyl groups excluding tert-OH is 1. The predicted molar refractivity (Wildman–Crippen MR) is 107 cm³/mol. The van der Waals surface area contributed by atoms with Crippen LogP contribution in [0.15, 0.2) is 66.9 Å². The quantitative estimate of drug-likeness (QED) is 0.430. The number of benzene rings is 2. The third-order valence-electron chi connectivity index (χ3n) is 4.45. The van der Waals surface area contributed by atoms with E-state index in [9.17, 15) is 14.7 Å². The Morgan fingerprint density at radius 1 is 1.04 bits per heavy atom. The first-order chi connectivity index (χ1) is 13.6. The van der Waals surface area contributed by atoms with Gasteiger partial charge in [-0.2, -0.15) is 0 Å². The Morgan fingerprint density at radius 3 is 2.68 bits per heavy atom. The monoisotopic (exact) mass is 374 g/mol. The molecule has 0 saturated carbocycles. The zero-order valence-corrected chi connectivity index (χ0v) is 14.8. The number of hydrogen-bond acceptors (Lipinski definition) is 4. The topological polar surface area (TPSA) is 107 Å². The van der Waals surface area contributed by atoms with Gasteiger partial charge < -0.3 is 20.7 Å². The van der Waals surface area contributed by atoms with Crippen LogP contribution in [-0.4, -0.2) is 39.5 Å². The van der Waals surface area contributed by atoms with Crippen LogP contribution in [0.25, 0.3) is 21.8 Å². The number of carbonyl (C=O) groups excluding carboxylic acids is 2. The molecule has 2 aromatic carbocycles. The fraction of sp³-hybridized carbons (Fsp3) is 0.0952. The average Bonchev–Trinajstić information content (AvgIpc) is 3.16. The molecule has 4 rings (SSSR count). The number of aromatic amines is 1. The molecule has 2 heterocycles. The molecule has 1 atom stereocenters. The van der Waals surface area contributed by atoms with Gasteiger partial charge in [-0.05, 0) is 36.4 Å². The Hall–Kier alpha value is -3.71. The molecule has 4 N–H and O–H groups in total. The zero-order chi connectivity index (χ0) is 19.5. The van der Waals surface area contributed by atoms with E-state index in [1.807, 2.05) is 36.4 Å². The number of H-pyrrole nitrogens is 1. The molecule has 0 bridgehead atoms. The number of nitrogens with one attached hydrogen (secondary N) is 3. The summed E-state index contributed by atoms with van der Waals surface area (Å²) in [5.74, 6) is -0.969. The standard InChI is InChI=1S/C21H18N4O3/c26-12-19(25-20(27)18-11-14-4-1-2-6-17(14)24-18)21(28)23-15-7-8-16-13(10-15)5-3-9-22-16/h1-11,19,24,26H,12H2,(H,23,28)(H,25,27). The van der Waals surface area contributed by atoms with Crippen molar-refractivity contribution in [1.29, 1.82) is 0 Å². The summed E-state index contributed by atoms with van der Waals surface area (Å²) in [6.07, 6.45) is 1.70. The highest BCUT2D eigenvalue weighted by molar-refractivity contribution is 6.03. The number of hydrogen-bond donors (Lipinski definition) is 4. The molecule has 0 radical (unpaired) electrons. The number of para-hydroxylation sites is 1. The van der Waals surface area contributed by atoms with Gasteiger partial charge in [0.05, 0.1) is 12.1 Å². The Bertz CT molecular complexity index is 1140. The highest BCUT2D eigenvalue weighted by Gasteiger charge is 2.21. The molecule has 0 spiro atoms. The minimum Gasteiger partial charge on any atom is -0.394 e. The number of pyridine rings is 1. The van der Waals surface area contributed by atoms with Crippen LogP contribution in [0.2, 0.25) is 0 Å². The summed E-state index contributed by atoms with van der Waals surface area (Å²) in [6, 6.07) is 17.1. The second-order valence-electron chi connectivity index (χ2n) is 6.38. The molecule has 28 heavy (non-hydrogen) atoms. The minimum absolute atomic E-state index is 0.323. The number of nitrogens with zero attached hydrogens (tertiary/aromatic N) is 1. The van der Waals surface area contributed by atoms with Gasteiger partial charge in [0, 0.05) is 28.2 Å². The van der Waals surface area contributed by atoms with E-state index in [1.54, 1.807) is 30.5 Å². The predicted octanol–water partition coefficient (Wildman–Crippen LogP) is 2.45. The van der Waals surface area contributed by atoms with E-state index in [0.29, 0.717) is 11.4 Å². The summed E-state index contributed by atoms with van der Waals surface area (Å²) in [4.78, 5) is 32.2. The Kier molecular flexibility index (Phi) is 4.74. The van der Waals surface area contributed by atoms with E-state index in [0.717, 1.165) is 21.8 Å². The summed E-state index contributed by atoms with van der Waals surface area (Å²) >= 11 is 0. The number of fused-ring (bicyclic) bond motifs is 2. The van der Waals surface area contributed by atoms with Crippen LogP contribution in [0.4, 0.5) is 5.69 Å². The van der Waals surface area contributed by atoms with Gasteiger partial charge in [-0.15, -0.1) is 0 Å². The van der Waals surface area contributed by atoms with Gasteiger partial charge in [0.15, 0.2) is 0 Å². The third-order valence-corrected chi connectivity index (χ3v) is 4.45. The van der Waals surface area contributed by atoms with Crippen molar-refractivity contribution in [2.45, 2.75) is 6.04 Å². The molecule has 0 fully saturated rings. The summed E-state index contributed by atoms with van der Waals surface area (Å²) in [7, 11) is 0. The van der Waals surface area contributed by atoms with Crippen LogP contribution in [0.1, 0.15) is 10.5 Å². The van der Waals surface area contributed by atoms with Crippen molar-refractivity contribution in [3.05, 3.63) is 72.6 Å². The molecule has 1 unspecified atom stereocenters. The molecule has 0 aliphatic rings. The number of rotatable bonds is 5. The lowest BCUT2D eigenvalue weighted by Crippen LogP contribution is -2.46. The fourth-order valence-corrected chi connectivity index (χ4v) is 3.01. The number of carbonyl (C=O) groups is 2. The molecular formula is C21H18N4O3. The second-order valence-corrected chi connectivity index (χ2v) is 6.38. The molecule has 0 aliphatic carbocycles. The highest BCUT2D eigenvalue weighted by atomic mass is 16.3. The van der Waals surface area contributed by atoms with Crippen LogP contribution in [-0.2, 0) is 4.79 Å². The van der Waals surface area contributed by atoms with Crippen LogP contribution in [0, 0.1) is 0 Å². The molecule has 2 amide bonds. The lowest BCUT2D eigenvalue weighted by Gasteiger charge is -2.16. The number of anilines is 1. The molecule has 4 aromatic rings. The number of amides is 2. The molecule has 7 heteroatoms. The Labute approximate surface area is 160 Å². The highest BCUT2D eigenvalue weighted by Crippen LogP contribution is 2.17. The van der Waals surface area contributed by atoms with E-state index in [-0.39, 0.29) is 0 Å². The summed E-state index contributed by atoms with van der Waals surface area (Å²) in [5, 5.41) is 16.6. The first-order valence-corrected chi connectivity index (χ1v) is 8.79. The molecule has 7 nitrogen and oxygen atoms in total. The largest absolute Gasteiger partial charge is 0.394 e. The molecular weight excluding hydrogens is 356 g/mol. The van der Waals surface area contributed by atoms with Crippen molar-refractivity contribution >= 4 is 39.3 Å². The van der Waals surface area contributed by atoms with Crippen LogP contribution in [0.3, 0.4) is 0 Å². The average molecular weight is 374 g/mol. The smallest absolute Gasteiger partial charge is 0.268 e. The van der Waals surface area contributed by atoms with Gasteiger partial charge in [0.2, 0.25) is 5.91 Å². The lowest BCUT2D eigenvalue weighted by atomic mass is 10.2. The van der Waals surface area contributed by atoms with Gasteiger partial charge in [-0.1, -0.05) is 24.3 Å². The third kappa shape index (κ3) is 3.56. The number of aromatic nitrogens is 2. The van der Waals surface area contributed by atoms with Gasteiger partial charge in [0.1, 0.15) is 11.7 Å². The minimum atomic E-state index is -1.08. The summed E-state index contributed by atoms with van der Waals surface area (Å²) in [6.45, 7) is -0.521. The lowest BCUT2D eigenvalue weighted by molar-refractivity contribution is -0.118. The van der Waals surface area contributed by atoms with E-state index < -0.39 is 24.5 Å². The second kappa shape index (κ2) is 7.50. The zero-order valence-electron chi connectivity index (χ0n) is 14.8. The molecule has 2 aromatic heterocycles. The van der Waals surface area contributed by atoms with Crippen molar-refractivity contribution in [2.75, 3.05) is 11.9 Å². The van der Waals surface area contributed by atoms with Crippen LogP contribution >= 0.6 is 0 Å². The van der Waals surface area contributed by atoms with E-state index >= 15 is 0 Å². The van der Waals surface area contributed by atoms with Crippen LogP contribution in [0.5, 0.6) is 0 Å².